The largest absolute Gasteiger partial charge is 0.438 e. The van der Waals surface area contributed by atoms with Crippen molar-refractivity contribution < 1.29 is 22.7 Å². The van der Waals surface area contributed by atoms with Crippen LogP contribution in [0.4, 0.5) is 13.2 Å². The van der Waals surface area contributed by atoms with Crippen LogP contribution >= 0.6 is 0 Å². The first-order valence-electron chi connectivity index (χ1n) is 9.07. The zero-order valence-corrected chi connectivity index (χ0v) is 16.4. The van der Waals surface area contributed by atoms with E-state index in [0.717, 1.165) is 6.33 Å². The third kappa shape index (κ3) is 3.67. The lowest BCUT2D eigenvalue weighted by atomic mass is 10.1. The van der Waals surface area contributed by atoms with E-state index < -0.39 is 23.0 Å². The Bertz CT molecular complexity index is 1370. The second-order valence-corrected chi connectivity index (χ2v) is 6.85. The number of benzene rings is 2. The first kappa shape index (κ1) is 20.3. The average molecular weight is 428 g/mol. The lowest BCUT2D eigenvalue weighted by Crippen LogP contribution is -2.14. The molecule has 0 aliphatic heterocycles. The molecule has 2 aromatic heterocycles. The number of nitrogens with zero attached hydrogens (tertiary/aromatic N) is 4. The molecule has 158 valence electrons. The van der Waals surface area contributed by atoms with Crippen LogP contribution in [0.2, 0.25) is 0 Å². The summed E-state index contributed by atoms with van der Waals surface area (Å²) < 4.78 is 49.8. The molecule has 0 fully saturated rings. The maximum atomic E-state index is 14.1. The predicted molar refractivity (Wildman–Crippen MR) is 105 cm³/mol. The van der Waals surface area contributed by atoms with E-state index in [4.69, 9.17) is 4.74 Å². The van der Waals surface area contributed by atoms with Gasteiger partial charge < -0.3 is 9.30 Å². The smallest absolute Gasteiger partial charge is 0.280 e. The molecule has 0 saturated carbocycles. The molecule has 0 atom stereocenters. The van der Waals surface area contributed by atoms with E-state index in [0.29, 0.717) is 29.6 Å². The molecule has 0 amide bonds. The van der Waals surface area contributed by atoms with Crippen LogP contribution in [-0.4, -0.2) is 25.6 Å². The number of carbonyl (C=O) groups excluding carboxylic acids is 1. The van der Waals surface area contributed by atoms with E-state index >= 15 is 0 Å². The Hall–Kier alpha value is -3.95. The van der Waals surface area contributed by atoms with E-state index in [2.05, 4.69) is 10.1 Å². The second-order valence-electron chi connectivity index (χ2n) is 6.85. The number of aromatic nitrogens is 4. The fourth-order valence-corrected chi connectivity index (χ4v) is 3.30. The first-order valence-corrected chi connectivity index (χ1v) is 9.07. The van der Waals surface area contributed by atoms with Gasteiger partial charge in [-0.05, 0) is 25.1 Å². The molecule has 0 bridgehead atoms. The highest BCUT2D eigenvalue weighted by molar-refractivity contribution is 5.81. The van der Waals surface area contributed by atoms with Crippen molar-refractivity contribution >= 4 is 17.2 Å². The Kier molecular flexibility index (Phi) is 5.05. The lowest BCUT2D eigenvalue weighted by molar-refractivity contribution is 0.112. The van der Waals surface area contributed by atoms with Crippen LogP contribution in [-0.2, 0) is 13.6 Å². The van der Waals surface area contributed by atoms with Crippen LogP contribution in [0.5, 0.6) is 11.6 Å². The molecule has 2 heterocycles. The molecule has 4 rings (SSSR count). The number of hydrogen-bond donors (Lipinski definition) is 0. The molecule has 0 unspecified atom stereocenters. The summed E-state index contributed by atoms with van der Waals surface area (Å²) in [7, 11) is 1.61. The minimum Gasteiger partial charge on any atom is -0.438 e. The van der Waals surface area contributed by atoms with Gasteiger partial charge in [0.1, 0.15) is 23.2 Å². The van der Waals surface area contributed by atoms with Crippen molar-refractivity contribution in [3.8, 4) is 11.6 Å². The highest BCUT2D eigenvalue weighted by atomic mass is 19.1. The third-order valence-corrected chi connectivity index (χ3v) is 4.80. The normalized spacial score (nSPS) is 11.1. The number of aryl methyl sites for hydroxylation is 2. The molecule has 2 aromatic carbocycles. The number of aldehydes is 1. The van der Waals surface area contributed by atoms with Crippen molar-refractivity contribution in [1.29, 1.82) is 0 Å². The molecular weight excluding hydrogens is 413 g/mol. The number of ether oxygens (including phenoxy) is 1. The number of halogens is 3. The SMILES string of the molecule is Cc1nn(C)c(Oc2ccc3c(c2)c(=O)ncn3Cc2c(F)cc(F)cc2F)c1C=O. The van der Waals surface area contributed by atoms with Crippen LogP contribution in [0.1, 0.15) is 21.6 Å². The van der Waals surface area contributed by atoms with Gasteiger partial charge in [0, 0.05) is 24.7 Å². The van der Waals surface area contributed by atoms with Crippen LogP contribution in [0.3, 0.4) is 0 Å². The van der Waals surface area contributed by atoms with Crippen molar-refractivity contribution in [1.82, 2.24) is 19.3 Å². The molecule has 0 aliphatic carbocycles. The fraction of sp³-hybridized carbons (Fsp3) is 0.143. The first-order chi connectivity index (χ1) is 14.8. The summed E-state index contributed by atoms with van der Waals surface area (Å²) >= 11 is 0. The minimum absolute atomic E-state index is 0.134. The molecule has 0 spiro atoms. The number of hydrogen-bond acceptors (Lipinski definition) is 5. The summed E-state index contributed by atoms with van der Waals surface area (Å²) in [4.78, 5) is 27.4. The number of rotatable bonds is 5. The summed E-state index contributed by atoms with van der Waals surface area (Å²) in [5.41, 5.74) is 0.157. The molecule has 31 heavy (non-hydrogen) atoms. The van der Waals surface area contributed by atoms with Crippen molar-refractivity contribution in [3.05, 3.63) is 81.3 Å². The Labute approximate surface area is 173 Å². The highest BCUT2D eigenvalue weighted by Crippen LogP contribution is 2.28. The Morgan fingerprint density at radius 2 is 1.84 bits per heavy atom. The van der Waals surface area contributed by atoms with Gasteiger partial charge in [-0.15, -0.1) is 0 Å². The van der Waals surface area contributed by atoms with Gasteiger partial charge in [-0.2, -0.15) is 10.1 Å². The quantitative estimate of drug-likeness (QED) is 0.455. The van der Waals surface area contributed by atoms with Gasteiger partial charge in [-0.3, -0.25) is 9.59 Å². The molecule has 0 N–H and O–H groups in total. The number of carbonyl (C=O) groups is 1. The topological polar surface area (TPSA) is 79.0 Å². The standard InChI is InChI=1S/C21H15F3N4O3/c1-11-16(9-29)21(27(2)26-11)31-13-3-4-19-14(7-13)20(30)25-10-28(19)8-15-17(23)5-12(22)6-18(15)24/h3-7,9-10H,8H2,1-2H3. The van der Waals surface area contributed by atoms with Crippen LogP contribution < -0.4 is 10.3 Å². The fourth-order valence-electron chi connectivity index (χ4n) is 3.30. The Balaban J connectivity index is 1.76. The summed E-state index contributed by atoms with van der Waals surface area (Å²) in [6, 6.07) is 5.64. The molecule has 0 aliphatic rings. The van der Waals surface area contributed by atoms with Crippen LogP contribution in [0.15, 0.2) is 41.5 Å². The van der Waals surface area contributed by atoms with Crippen molar-refractivity contribution in [2.24, 2.45) is 7.05 Å². The van der Waals surface area contributed by atoms with Gasteiger partial charge in [0.15, 0.2) is 6.29 Å². The maximum Gasteiger partial charge on any atom is 0.280 e. The zero-order valence-electron chi connectivity index (χ0n) is 16.4. The van der Waals surface area contributed by atoms with Gasteiger partial charge in [0.05, 0.1) is 35.0 Å². The summed E-state index contributed by atoms with van der Waals surface area (Å²) in [6.45, 7) is 1.35. The number of fused-ring (bicyclic) bond motifs is 1. The maximum absolute atomic E-state index is 14.1. The molecule has 0 radical (unpaired) electrons. The monoisotopic (exact) mass is 428 g/mol. The van der Waals surface area contributed by atoms with Gasteiger partial charge in [-0.1, -0.05) is 0 Å². The minimum atomic E-state index is -1.04. The Morgan fingerprint density at radius 3 is 2.52 bits per heavy atom. The van der Waals surface area contributed by atoms with E-state index in [-0.39, 0.29) is 34.7 Å². The van der Waals surface area contributed by atoms with E-state index in [1.165, 1.54) is 27.4 Å². The average Bonchev–Trinajstić information content (AvgIpc) is 2.98. The van der Waals surface area contributed by atoms with Gasteiger partial charge >= 0.3 is 0 Å². The van der Waals surface area contributed by atoms with Crippen molar-refractivity contribution in [2.45, 2.75) is 13.5 Å². The summed E-state index contributed by atoms with van der Waals surface area (Å²) in [5.74, 6) is -2.67. The molecular formula is C21H15F3N4O3. The van der Waals surface area contributed by atoms with Crippen molar-refractivity contribution in [2.75, 3.05) is 0 Å². The molecule has 10 heteroatoms. The van der Waals surface area contributed by atoms with Gasteiger partial charge in [0.2, 0.25) is 5.88 Å². The van der Waals surface area contributed by atoms with Crippen molar-refractivity contribution in [3.63, 3.8) is 0 Å². The Morgan fingerprint density at radius 1 is 1.13 bits per heavy atom. The second kappa shape index (κ2) is 7.71. The van der Waals surface area contributed by atoms with Crippen LogP contribution in [0, 0.1) is 24.4 Å². The zero-order chi connectivity index (χ0) is 22.3. The lowest BCUT2D eigenvalue weighted by Gasteiger charge is -2.13. The van der Waals surface area contributed by atoms with Gasteiger partial charge in [0.25, 0.3) is 5.56 Å². The van der Waals surface area contributed by atoms with Crippen LogP contribution in [0.25, 0.3) is 10.9 Å². The van der Waals surface area contributed by atoms with E-state index in [1.54, 1.807) is 14.0 Å². The predicted octanol–water partition coefficient (Wildman–Crippen LogP) is 3.51. The highest BCUT2D eigenvalue weighted by Gasteiger charge is 2.17. The molecule has 0 saturated heterocycles. The summed E-state index contributed by atoms with van der Waals surface area (Å²) in [5, 5.41) is 4.26. The third-order valence-electron chi connectivity index (χ3n) is 4.80. The van der Waals surface area contributed by atoms with E-state index in [1.807, 2.05) is 0 Å². The van der Waals surface area contributed by atoms with Gasteiger partial charge in [-0.25, -0.2) is 17.9 Å². The molecule has 4 aromatic rings. The molecule has 7 nitrogen and oxygen atoms in total. The van der Waals surface area contributed by atoms with E-state index in [9.17, 15) is 22.8 Å². The summed E-state index contributed by atoms with van der Waals surface area (Å²) in [6.07, 6.45) is 1.78.